The molecule has 5 nitrogen and oxygen atoms in total. The van der Waals surface area contributed by atoms with Gasteiger partial charge < -0.3 is 14.9 Å². The second kappa shape index (κ2) is 5.46. The van der Waals surface area contributed by atoms with Crippen molar-refractivity contribution in [2.75, 3.05) is 6.61 Å². The van der Waals surface area contributed by atoms with Crippen molar-refractivity contribution in [2.24, 2.45) is 0 Å². The summed E-state index contributed by atoms with van der Waals surface area (Å²) in [5.41, 5.74) is -0.880. The molecule has 2 N–H and O–H groups in total. The Morgan fingerprint density at radius 3 is 2.00 bits per heavy atom. The van der Waals surface area contributed by atoms with Crippen molar-refractivity contribution in [1.82, 2.24) is 0 Å². The lowest BCUT2D eigenvalue weighted by Gasteiger charge is -2.31. The van der Waals surface area contributed by atoms with Crippen molar-refractivity contribution < 1.29 is 24.5 Å². The molecule has 0 aromatic rings. The molecule has 0 aromatic carbocycles. The van der Waals surface area contributed by atoms with Crippen LogP contribution in [0.15, 0.2) is 24.3 Å². The van der Waals surface area contributed by atoms with Crippen LogP contribution in [0.25, 0.3) is 0 Å². The van der Waals surface area contributed by atoms with Crippen LogP contribution in [0.2, 0.25) is 0 Å². The highest BCUT2D eigenvalue weighted by atomic mass is 16.5. The number of hydrogen-bond acceptors (Lipinski definition) is 3. The molecule has 0 radical (unpaired) electrons. The third-order valence-electron chi connectivity index (χ3n) is 2.35. The van der Waals surface area contributed by atoms with Gasteiger partial charge in [-0.2, -0.15) is 0 Å². The lowest BCUT2D eigenvalue weighted by Crippen LogP contribution is -2.32. The third-order valence-corrected chi connectivity index (χ3v) is 2.35. The first-order valence-electron chi connectivity index (χ1n) is 5.02. The zero-order valence-electron chi connectivity index (χ0n) is 8.76. The number of carbonyl (C=O) groups is 2. The zero-order chi connectivity index (χ0) is 12.0. The van der Waals surface area contributed by atoms with Gasteiger partial charge in [-0.1, -0.05) is 0 Å². The Balaban J connectivity index is 2.82. The summed E-state index contributed by atoms with van der Waals surface area (Å²) in [5, 5.41) is 17.1. The van der Waals surface area contributed by atoms with Gasteiger partial charge in [0.15, 0.2) is 0 Å². The van der Waals surface area contributed by atoms with Crippen LogP contribution in [-0.2, 0) is 14.3 Å². The van der Waals surface area contributed by atoms with Crippen LogP contribution >= 0.6 is 0 Å². The Hall–Kier alpha value is -1.62. The molecule has 1 aliphatic heterocycles. The quantitative estimate of drug-likeness (QED) is 0.704. The largest absolute Gasteiger partial charge is 0.478 e. The molecule has 1 fully saturated rings. The molecular formula is C11H14O5. The van der Waals surface area contributed by atoms with E-state index in [2.05, 4.69) is 0 Å². The van der Waals surface area contributed by atoms with E-state index in [0.29, 0.717) is 13.0 Å². The highest BCUT2D eigenvalue weighted by Crippen LogP contribution is 2.27. The van der Waals surface area contributed by atoms with E-state index in [-0.39, 0.29) is 0 Å². The van der Waals surface area contributed by atoms with Crippen molar-refractivity contribution in [1.29, 1.82) is 0 Å². The van der Waals surface area contributed by atoms with E-state index in [1.165, 1.54) is 12.2 Å². The molecule has 5 heteroatoms. The summed E-state index contributed by atoms with van der Waals surface area (Å²) in [5.74, 6) is -2.14. The van der Waals surface area contributed by atoms with Gasteiger partial charge >= 0.3 is 11.9 Å². The lowest BCUT2D eigenvalue weighted by molar-refractivity contribution is -0.132. The lowest BCUT2D eigenvalue weighted by atomic mass is 9.92. The molecule has 0 bridgehead atoms. The predicted molar refractivity (Wildman–Crippen MR) is 56.1 cm³/mol. The molecule has 1 rings (SSSR count). The van der Waals surface area contributed by atoms with Gasteiger partial charge in [0, 0.05) is 18.8 Å². The fraction of sp³-hybridized carbons (Fsp3) is 0.455. The van der Waals surface area contributed by atoms with E-state index in [4.69, 9.17) is 14.9 Å². The summed E-state index contributed by atoms with van der Waals surface area (Å²) in [6.45, 7) is 0.508. The average Bonchev–Trinajstić information content (AvgIpc) is 2.25. The first kappa shape index (κ1) is 12.4. The van der Waals surface area contributed by atoms with Gasteiger partial charge in [-0.25, -0.2) is 9.59 Å². The molecule has 0 saturated carbocycles. The maximum atomic E-state index is 10.4. The maximum absolute atomic E-state index is 10.4. The van der Waals surface area contributed by atoms with E-state index in [1.54, 1.807) is 0 Å². The van der Waals surface area contributed by atoms with E-state index >= 15 is 0 Å². The fourth-order valence-corrected chi connectivity index (χ4v) is 1.58. The summed E-state index contributed by atoms with van der Waals surface area (Å²) < 4.78 is 5.47. The summed E-state index contributed by atoms with van der Waals surface area (Å²) in [7, 11) is 0. The van der Waals surface area contributed by atoms with Gasteiger partial charge in [0.25, 0.3) is 0 Å². The van der Waals surface area contributed by atoms with Crippen LogP contribution < -0.4 is 0 Å². The van der Waals surface area contributed by atoms with E-state index in [9.17, 15) is 9.59 Å². The third kappa shape index (κ3) is 3.86. The van der Waals surface area contributed by atoms with E-state index in [1.807, 2.05) is 0 Å². The summed E-state index contributed by atoms with van der Waals surface area (Å²) in [4.78, 5) is 20.9. The van der Waals surface area contributed by atoms with E-state index in [0.717, 1.165) is 25.0 Å². The molecule has 1 aliphatic rings. The summed E-state index contributed by atoms with van der Waals surface area (Å²) >= 11 is 0. The molecule has 0 unspecified atom stereocenters. The Morgan fingerprint density at radius 1 is 1.06 bits per heavy atom. The molecule has 1 heterocycles. The highest BCUT2D eigenvalue weighted by molar-refractivity contribution is 5.81. The number of rotatable bonds is 4. The minimum atomic E-state index is -1.07. The first-order chi connectivity index (χ1) is 7.54. The van der Waals surface area contributed by atoms with Gasteiger partial charge in [0.05, 0.1) is 0 Å². The average molecular weight is 226 g/mol. The second-order valence-electron chi connectivity index (χ2n) is 3.60. The SMILES string of the molecule is O=C(O)C=CC1(C=CC(=O)O)CCCCO1. The van der Waals surface area contributed by atoms with Gasteiger partial charge in [-0.05, 0) is 31.4 Å². The van der Waals surface area contributed by atoms with Crippen LogP contribution in [-0.4, -0.2) is 34.4 Å². The van der Waals surface area contributed by atoms with Gasteiger partial charge in [-0.15, -0.1) is 0 Å². The smallest absolute Gasteiger partial charge is 0.328 e. The van der Waals surface area contributed by atoms with Crippen LogP contribution in [0, 0.1) is 0 Å². The molecule has 88 valence electrons. The molecule has 1 saturated heterocycles. The topological polar surface area (TPSA) is 83.8 Å². The molecule has 0 amide bonds. The van der Waals surface area contributed by atoms with Crippen molar-refractivity contribution >= 4 is 11.9 Å². The first-order valence-corrected chi connectivity index (χ1v) is 5.02. The number of hydrogen-bond donors (Lipinski definition) is 2. The van der Waals surface area contributed by atoms with Gasteiger partial charge in [0.1, 0.15) is 5.60 Å². The molecule has 0 spiro atoms. The Labute approximate surface area is 93.0 Å². The van der Waals surface area contributed by atoms with Crippen molar-refractivity contribution in [3.05, 3.63) is 24.3 Å². The van der Waals surface area contributed by atoms with Crippen molar-refractivity contribution in [2.45, 2.75) is 24.9 Å². The Kier molecular flexibility index (Phi) is 4.25. The molecule has 0 aromatic heterocycles. The number of carboxylic acids is 2. The fourth-order valence-electron chi connectivity index (χ4n) is 1.58. The molecule has 16 heavy (non-hydrogen) atoms. The zero-order valence-corrected chi connectivity index (χ0v) is 8.76. The van der Waals surface area contributed by atoms with Crippen LogP contribution in [0.4, 0.5) is 0 Å². The summed E-state index contributed by atoms with van der Waals surface area (Å²) in [6, 6.07) is 0. The minimum absolute atomic E-state index is 0.508. The van der Waals surface area contributed by atoms with Gasteiger partial charge in [0.2, 0.25) is 0 Å². The highest BCUT2D eigenvalue weighted by Gasteiger charge is 2.28. The van der Waals surface area contributed by atoms with Crippen LogP contribution in [0.1, 0.15) is 19.3 Å². The molecule has 0 aliphatic carbocycles. The van der Waals surface area contributed by atoms with Crippen LogP contribution in [0.3, 0.4) is 0 Å². The van der Waals surface area contributed by atoms with Gasteiger partial charge in [-0.3, -0.25) is 0 Å². The number of carboxylic acid groups (broad SMARTS) is 2. The predicted octanol–water partition coefficient (Wildman–Crippen LogP) is 1.21. The normalized spacial score (nSPS) is 26.2. The maximum Gasteiger partial charge on any atom is 0.328 e. The standard InChI is InChI=1S/C11H14O5/c12-9(13)3-6-11(7-4-10(14)15)5-1-2-8-16-11/h3-4,6-7H,1-2,5,8H2,(H,12,13)(H,14,15). The Bertz CT molecular complexity index is 297. The van der Waals surface area contributed by atoms with Crippen molar-refractivity contribution in [3.8, 4) is 0 Å². The monoisotopic (exact) mass is 226 g/mol. The van der Waals surface area contributed by atoms with E-state index < -0.39 is 17.5 Å². The minimum Gasteiger partial charge on any atom is -0.478 e. The van der Waals surface area contributed by atoms with Crippen molar-refractivity contribution in [3.63, 3.8) is 0 Å². The van der Waals surface area contributed by atoms with Crippen LogP contribution in [0.5, 0.6) is 0 Å². The second-order valence-corrected chi connectivity index (χ2v) is 3.60. The molecular weight excluding hydrogens is 212 g/mol. The summed E-state index contributed by atoms with van der Waals surface area (Å²) in [6.07, 6.45) is 7.15. The number of aliphatic carboxylic acids is 2. The molecule has 0 atom stereocenters. The number of ether oxygens (including phenoxy) is 1. The Morgan fingerprint density at radius 2 is 1.62 bits per heavy atom.